The summed E-state index contributed by atoms with van der Waals surface area (Å²) in [5, 5.41) is 73.2. The largest absolute Gasteiger partial charge is 0.497 e. The second-order valence-corrected chi connectivity index (χ2v) is 28.8. The molecule has 0 amide bonds. The van der Waals surface area contributed by atoms with Crippen molar-refractivity contribution in [2.45, 2.75) is 127 Å². The molecular formula is C73H74BrCl2FN20O17. The van der Waals surface area contributed by atoms with Gasteiger partial charge in [0.15, 0.2) is 0 Å². The van der Waals surface area contributed by atoms with Crippen molar-refractivity contribution in [1.29, 1.82) is 0 Å². The Hall–Kier alpha value is -11.4. The monoisotopic (exact) mass is 1670 g/mol. The summed E-state index contributed by atoms with van der Waals surface area (Å²) in [5.41, 5.74) is 3.32. The van der Waals surface area contributed by atoms with Gasteiger partial charge in [0.1, 0.15) is 83.7 Å². The number of aromatic nitrogens is 20. The summed E-state index contributed by atoms with van der Waals surface area (Å²) in [6.07, 6.45) is 9.43. The number of nitrogens with zero attached hydrogens (tertiary/aromatic N) is 16. The molecule has 0 saturated carbocycles. The summed E-state index contributed by atoms with van der Waals surface area (Å²) >= 11 is 15.4. The highest BCUT2D eigenvalue weighted by molar-refractivity contribution is 9.10. The van der Waals surface area contributed by atoms with Crippen LogP contribution in [0.3, 0.4) is 0 Å². The molecule has 8 N–H and O–H groups in total. The fourth-order valence-corrected chi connectivity index (χ4v) is 14.0. The molecule has 4 saturated heterocycles. The predicted octanol–water partition coefficient (Wildman–Crippen LogP) is 4.72. The molecule has 0 aliphatic carbocycles. The first kappa shape index (κ1) is 80.7. The number of H-pyrrole nitrogens is 4. The van der Waals surface area contributed by atoms with Crippen LogP contribution < -0.4 is 49.7 Å². The highest BCUT2D eigenvalue weighted by atomic mass is 79.9. The molecule has 12 aromatic rings. The third kappa shape index (κ3) is 17.7. The van der Waals surface area contributed by atoms with Gasteiger partial charge in [0.25, 0.3) is 22.2 Å². The summed E-state index contributed by atoms with van der Waals surface area (Å²) in [6, 6.07) is 24.8. The molecule has 4 aliphatic rings. The zero-order valence-electron chi connectivity index (χ0n) is 61.1. The van der Waals surface area contributed by atoms with E-state index in [-0.39, 0.29) is 56.4 Å². The van der Waals surface area contributed by atoms with E-state index in [4.69, 9.17) is 46.9 Å². The van der Waals surface area contributed by atoms with Gasteiger partial charge in [-0.15, -0.1) is 20.4 Å². The number of aryl methyl sites for hydroxylation is 4. The van der Waals surface area contributed by atoms with Gasteiger partial charge in [0.2, 0.25) is 0 Å². The Kier molecular flexibility index (Phi) is 24.7. The van der Waals surface area contributed by atoms with Gasteiger partial charge in [-0.2, -0.15) is 0 Å². The third-order valence-electron chi connectivity index (χ3n) is 19.6. The van der Waals surface area contributed by atoms with Crippen LogP contribution in [-0.4, -0.2) is 177 Å². The Morgan fingerprint density at radius 3 is 0.965 bits per heavy atom. The average Bonchev–Trinajstić information content (AvgIpc) is 1.65. The van der Waals surface area contributed by atoms with Gasteiger partial charge in [0, 0.05) is 99.5 Å². The number of aromatic amines is 4. The number of hydrogen-bond acceptors (Lipinski definition) is 25. The second-order valence-electron chi connectivity index (χ2n) is 27.1. The van der Waals surface area contributed by atoms with Crippen LogP contribution in [0.15, 0.2) is 183 Å². The standard InChI is InChI=1S/C19H21N5O5.C18H18BrN5O4.C18H17Cl2N5O4.C18H18FN5O4/c1-11-8-23(19(27)20-18(11)26)17-7-15(16(10-25)29-17)24-9-14(21-22-24)12-3-5-13(28-2)6-4-12;1-10-7-23(18(27)20-17(10)26)16-6-14(15(9-25)28-16)24-8-13(21-22-24)11-2-4-12(19)5-3-11;1-9-6-24(18(28)21-17(9)27)16-5-14(15(8-26)29-16)25-7-13(22-23-25)10-2-3-11(19)12(20)4-10;1-10-7-23(18(27)20-17(10)26)16-6-14(15(9-25)28-16)24-8-13(21-22-24)11-2-4-12(19)5-3-11/h3-6,8-9,15-17,25H,7,10H2,1-2H3,(H,20,26,27);2-5,7-8,14-16,25H,6,9H2,1H3,(H,20,26,27);2-4,6-7,14-16,26H,5,8H2,1H3,(H,21,27,28);2-5,7-8,14-16,25H,6,9H2,1H3,(H,20,26,27)/t15?,16-,17?;14-,15+,16?;14-,15-,16-;14-,15+,16?/m1000/s1. The molecule has 0 spiro atoms. The van der Waals surface area contributed by atoms with Crippen molar-refractivity contribution in [1.82, 2.24) is 98.2 Å². The van der Waals surface area contributed by atoms with Crippen molar-refractivity contribution >= 4 is 39.1 Å². The molecule has 4 unspecified atom stereocenters. The Bertz CT molecular complexity index is 5760. The fourth-order valence-electron chi connectivity index (χ4n) is 13.5. The number of benzene rings is 4. The summed E-state index contributed by atoms with van der Waals surface area (Å²) in [5.74, 6) is 0.403. The van der Waals surface area contributed by atoms with Gasteiger partial charge < -0.3 is 44.1 Å². The highest BCUT2D eigenvalue weighted by Gasteiger charge is 2.43. The number of halogens is 4. The zero-order chi connectivity index (χ0) is 80.9. The molecule has 16 rings (SSSR count). The predicted molar refractivity (Wildman–Crippen MR) is 409 cm³/mol. The number of nitrogens with one attached hydrogen (secondary N) is 4. The number of ether oxygens (including phenoxy) is 5. The lowest BCUT2D eigenvalue weighted by molar-refractivity contribution is -0.0324. The lowest BCUT2D eigenvalue weighted by atomic mass is 10.1. The molecule has 12 heterocycles. The maximum Gasteiger partial charge on any atom is 0.330 e. The van der Waals surface area contributed by atoms with E-state index in [0.29, 0.717) is 86.3 Å². The van der Waals surface area contributed by atoms with E-state index in [1.807, 2.05) is 48.5 Å². The van der Waals surface area contributed by atoms with Crippen molar-refractivity contribution in [3.8, 4) is 50.8 Å². The van der Waals surface area contributed by atoms with E-state index < -0.39 is 94.3 Å². The molecule has 4 aliphatic heterocycles. The topological polar surface area (TPSA) is 469 Å². The van der Waals surface area contributed by atoms with E-state index in [2.05, 4.69) is 77.1 Å². The molecule has 0 radical (unpaired) electrons. The van der Waals surface area contributed by atoms with E-state index in [1.165, 1.54) is 55.2 Å². The quantitative estimate of drug-likeness (QED) is 0.0611. The zero-order valence-corrected chi connectivity index (χ0v) is 64.2. The van der Waals surface area contributed by atoms with Gasteiger partial charge in [-0.3, -0.25) is 57.4 Å². The fraction of sp³-hybridized carbons (Fsp3) is 0.342. The van der Waals surface area contributed by atoms with Gasteiger partial charge in [-0.05, 0) is 100 Å². The van der Waals surface area contributed by atoms with E-state index in [9.17, 15) is 63.2 Å². The molecule has 114 heavy (non-hydrogen) atoms. The summed E-state index contributed by atoms with van der Waals surface area (Å²) in [6.45, 7) is 5.42. The molecule has 41 heteroatoms. The van der Waals surface area contributed by atoms with Gasteiger partial charge in [-0.25, -0.2) is 42.3 Å². The second kappa shape index (κ2) is 34.9. The Morgan fingerprint density at radius 1 is 0.412 bits per heavy atom. The summed E-state index contributed by atoms with van der Waals surface area (Å²) < 4.78 is 54.4. The number of rotatable bonds is 17. The smallest absolute Gasteiger partial charge is 0.330 e. The van der Waals surface area contributed by atoms with Gasteiger partial charge in [-0.1, -0.05) is 78.2 Å². The van der Waals surface area contributed by atoms with Crippen LogP contribution in [0.5, 0.6) is 5.75 Å². The van der Waals surface area contributed by atoms with Crippen molar-refractivity contribution in [2.24, 2.45) is 0 Å². The minimum absolute atomic E-state index is 0.230. The molecule has 0 bridgehead atoms. The van der Waals surface area contributed by atoms with Crippen molar-refractivity contribution in [3.63, 3.8) is 0 Å². The first-order chi connectivity index (χ1) is 54.8. The van der Waals surface area contributed by atoms with Crippen LogP contribution in [0.4, 0.5) is 4.39 Å². The lowest BCUT2D eigenvalue weighted by Gasteiger charge is -2.15. The molecule has 12 atom stereocenters. The number of hydrogen-bond donors (Lipinski definition) is 8. The van der Waals surface area contributed by atoms with Crippen LogP contribution in [0.2, 0.25) is 10.0 Å². The van der Waals surface area contributed by atoms with E-state index in [0.717, 1.165) is 26.9 Å². The minimum atomic E-state index is -0.663. The van der Waals surface area contributed by atoms with Crippen LogP contribution >= 0.6 is 39.1 Å². The van der Waals surface area contributed by atoms with Crippen LogP contribution in [0, 0.1) is 33.5 Å². The van der Waals surface area contributed by atoms with Crippen LogP contribution in [-0.2, 0) is 18.9 Å². The Labute approximate surface area is 660 Å². The maximum absolute atomic E-state index is 13.1. The minimum Gasteiger partial charge on any atom is -0.497 e. The SMILES string of the molecule is COc1ccc(-c2cn(C3CC(n4cc(C)c(=O)[nH]c4=O)O[C@@H]3CO)nn2)cc1.Cc1cn(C2C[C@H](n3cc(-c4ccc(Br)cc4)nn3)[C@@H](CO)O2)c(=O)[nH]c1=O.Cc1cn(C2C[C@H](n3cc(-c4ccc(F)cc4)nn3)[C@@H](CO)O2)c(=O)[nH]c1=O.Cc1cn([C@@H]2C[C@H](n3cc(-c4ccc(Cl)c(Cl)c4)nn3)[C@H](CO)O2)c(=O)[nH]c1=O. The molecule has 596 valence electrons. The molecule has 4 fully saturated rings. The Morgan fingerprint density at radius 2 is 0.684 bits per heavy atom. The molecule has 37 nitrogen and oxygen atoms in total. The third-order valence-corrected chi connectivity index (χ3v) is 20.9. The van der Waals surface area contributed by atoms with Crippen molar-refractivity contribution in [3.05, 3.63) is 267 Å². The first-order valence-corrected chi connectivity index (χ1v) is 37.0. The summed E-state index contributed by atoms with van der Waals surface area (Å²) in [7, 11) is 1.60. The van der Waals surface area contributed by atoms with E-state index in [1.54, 1.807) is 109 Å². The summed E-state index contributed by atoms with van der Waals surface area (Å²) in [4.78, 5) is 104. The average molecular weight is 1670 g/mol. The van der Waals surface area contributed by atoms with Crippen molar-refractivity contribution in [2.75, 3.05) is 33.5 Å². The Balaban J connectivity index is 0.000000133. The lowest BCUT2D eigenvalue weighted by Crippen LogP contribution is -2.33. The molecule has 4 aromatic carbocycles. The molecule has 8 aromatic heterocycles. The highest BCUT2D eigenvalue weighted by Crippen LogP contribution is 2.41. The number of methoxy groups -OCH3 is 1. The first-order valence-electron chi connectivity index (χ1n) is 35.4. The maximum atomic E-state index is 13.1. The van der Waals surface area contributed by atoms with Gasteiger partial charge >= 0.3 is 22.8 Å². The van der Waals surface area contributed by atoms with Crippen molar-refractivity contribution < 1.29 is 48.5 Å². The van der Waals surface area contributed by atoms with Gasteiger partial charge in [0.05, 0.1) is 92.5 Å². The molecular weight excluding hydrogens is 1600 g/mol. The number of aliphatic hydroxyl groups excluding tert-OH is 4. The van der Waals surface area contributed by atoms with E-state index >= 15 is 0 Å². The normalized spacial score (nSPS) is 21.7. The number of aliphatic hydroxyl groups is 4. The van der Waals surface area contributed by atoms with Crippen LogP contribution in [0.25, 0.3) is 45.0 Å². The van der Waals surface area contributed by atoms with Crippen LogP contribution in [0.1, 0.15) is 97.0 Å².